The molecule has 0 unspecified atom stereocenters. The molecule has 0 saturated heterocycles. The van der Waals surface area contributed by atoms with Gasteiger partial charge in [-0.3, -0.25) is 0 Å². The molecule has 0 aromatic rings. The number of hydrogen-bond donors (Lipinski definition) is 0. The lowest BCUT2D eigenvalue weighted by molar-refractivity contribution is 0.548. The van der Waals surface area contributed by atoms with Gasteiger partial charge in [0, 0.05) is 0 Å². The van der Waals surface area contributed by atoms with Crippen LogP contribution >= 0.6 is 0 Å². The highest BCUT2D eigenvalue weighted by Gasteiger charge is 1.96. The van der Waals surface area contributed by atoms with Gasteiger partial charge in [0.2, 0.25) is 0 Å². The highest BCUT2D eigenvalue weighted by Crippen LogP contribution is 2.15. The molecule has 0 atom stereocenters. The van der Waals surface area contributed by atoms with Crippen LogP contribution < -0.4 is 0 Å². The predicted molar refractivity (Wildman–Crippen MR) is 56.6 cm³/mol. The standard InChI is InChI=1S/C10H19.2CH2/c1-2-4-6-8-10-9-7-5-3-1;;/h1H,2-10H2;2*1H2. The van der Waals surface area contributed by atoms with Gasteiger partial charge in [-0.25, -0.2) is 0 Å². The molecule has 0 aromatic heterocycles. The van der Waals surface area contributed by atoms with E-state index >= 15 is 0 Å². The van der Waals surface area contributed by atoms with Crippen LogP contribution in [0.5, 0.6) is 0 Å². The first-order chi connectivity index (χ1) is 5.00. The fourth-order valence-electron chi connectivity index (χ4n) is 1.61. The van der Waals surface area contributed by atoms with Crippen LogP contribution in [0.15, 0.2) is 0 Å². The Morgan fingerprint density at radius 3 is 1.25 bits per heavy atom. The lowest BCUT2D eigenvalue weighted by atomic mass is 10.0. The summed E-state index contributed by atoms with van der Waals surface area (Å²) >= 11 is 0. The van der Waals surface area contributed by atoms with Gasteiger partial charge >= 0.3 is 0 Å². The molecule has 0 N–H and O–H groups in total. The molecule has 0 nitrogen and oxygen atoms in total. The van der Waals surface area contributed by atoms with Gasteiger partial charge < -0.3 is 0 Å². The van der Waals surface area contributed by atoms with Crippen LogP contribution in [-0.2, 0) is 0 Å². The van der Waals surface area contributed by atoms with Gasteiger partial charge in [0.25, 0.3) is 0 Å². The van der Waals surface area contributed by atoms with Crippen molar-refractivity contribution in [2.75, 3.05) is 0 Å². The second-order valence-electron chi connectivity index (χ2n) is 3.34. The van der Waals surface area contributed by atoms with Gasteiger partial charge in [-0.2, -0.15) is 0 Å². The van der Waals surface area contributed by atoms with Gasteiger partial charge in [-0.15, -0.1) is 0 Å². The Morgan fingerprint density at radius 1 is 0.500 bits per heavy atom. The Kier molecular flexibility index (Phi) is 13.3. The molecule has 1 saturated carbocycles. The minimum Gasteiger partial charge on any atom is -0.0533 e. The van der Waals surface area contributed by atoms with Gasteiger partial charge in [0.05, 0.1) is 0 Å². The van der Waals surface area contributed by atoms with E-state index in [4.69, 9.17) is 0 Å². The molecule has 1 aliphatic rings. The van der Waals surface area contributed by atoms with Crippen LogP contribution in [0.2, 0.25) is 0 Å². The molecule has 0 spiro atoms. The number of rotatable bonds is 0. The maximum Gasteiger partial charge on any atom is -0.0386 e. The Balaban J connectivity index is 0. The largest absolute Gasteiger partial charge is 0.0533 e. The zero-order chi connectivity index (χ0) is 7.07. The van der Waals surface area contributed by atoms with Crippen molar-refractivity contribution in [2.45, 2.75) is 57.8 Å². The topological polar surface area (TPSA) is 0 Å². The molecule has 5 radical (unpaired) electrons. The van der Waals surface area contributed by atoms with Crippen molar-refractivity contribution in [3.05, 3.63) is 21.3 Å². The third kappa shape index (κ3) is 8.10. The summed E-state index contributed by atoms with van der Waals surface area (Å²) in [6, 6.07) is 0. The molecular formula is C12H23. The van der Waals surface area contributed by atoms with E-state index in [1.807, 2.05) is 0 Å². The van der Waals surface area contributed by atoms with Gasteiger partial charge in [0.1, 0.15) is 0 Å². The van der Waals surface area contributed by atoms with Crippen molar-refractivity contribution < 1.29 is 0 Å². The summed E-state index contributed by atoms with van der Waals surface area (Å²) in [4.78, 5) is 0. The van der Waals surface area contributed by atoms with Crippen LogP contribution in [-0.4, -0.2) is 0 Å². The van der Waals surface area contributed by atoms with Crippen LogP contribution in [0.3, 0.4) is 0 Å². The maximum absolute atomic E-state index is 2.48. The maximum atomic E-state index is 2.48. The molecule has 1 fully saturated rings. The van der Waals surface area contributed by atoms with Crippen LogP contribution in [0, 0.1) is 21.3 Å². The Morgan fingerprint density at radius 2 is 0.833 bits per heavy atom. The molecule has 0 aromatic carbocycles. The van der Waals surface area contributed by atoms with E-state index in [9.17, 15) is 0 Å². The zero-order valence-electron chi connectivity index (χ0n) is 8.36. The first kappa shape index (κ1) is 14.5. The van der Waals surface area contributed by atoms with Crippen molar-refractivity contribution in [3.8, 4) is 0 Å². The quantitative estimate of drug-likeness (QED) is 0.502. The second-order valence-corrected chi connectivity index (χ2v) is 3.34. The highest BCUT2D eigenvalue weighted by atomic mass is 14.0. The third-order valence-corrected chi connectivity index (χ3v) is 2.32. The van der Waals surface area contributed by atoms with Gasteiger partial charge in [0.15, 0.2) is 0 Å². The predicted octanol–water partition coefficient (Wildman–Crippen LogP) is 4.37. The Bertz CT molecular complexity index is 33.2. The number of hydrogen-bond acceptors (Lipinski definition) is 0. The minimum atomic E-state index is 0. The Labute approximate surface area is 79.8 Å². The summed E-state index contributed by atoms with van der Waals surface area (Å²) in [5.41, 5.74) is 0. The first-order valence-corrected chi connectivity index (χ1v) is 4.82. The highest BCUT2D eigenvalue weighted by molar-refractivity contribution is 4.65. The van der Waals surface area contributed by atoms with Crippen LogP contribution in [0.4, 0.5) is 0 Å². The van der Waals surface area contributed by atoms with E-state index in [1.165, 1.54) is 57.8 Å². The average molecular weight is 167 g/mol. The Hall–Kier alpha value is 0. The molecule has 0 bridgehead atoms. The summed E-state index contributed by atoms with van der Waals surface area (Å²) in [7, 11) is 0. The van der Waals surface area contributed by atoms with Gasteiger partial charge in [-0.1, -0.05) is 72.6 Å². The van der Waals surface area contributed by atoms with E-state index in [2.05, 4.69) is 6.42 Å². The molecule has 1 rings (SSSR count). The molecule has 0 aliphatic heterocycles. The molecule has 71 valence electrons. The molecular weight excluding hydrogens is 144 g/mol. The van der Waals surface area contributed by atoms with Crippen LogP contribution in [0.1, 0.15) is 57.8 Å². The minimum absolute atomic E-state index is 0. The molecule has 0 amide bonds. The van der Waals surface area contributed by atoms with Gasteiger partial charge in [-0.05, 0) is 6.42 Å². The van der Waals surface area contributed by atoms with E-state index in [0.29, 0.717) is 0 Å². The van der Waals surface area contributed by atoms with E-state index in [-0.39, 0.29) is 14.9 Å². The fourth-order valence-corrected chi connectivity index (χ4v) is 1.61. The van der Waals surface area contributed by atoms with Crippen LogP contribution in [0.25, 0.3) is 0 Å². The first-order valence-electron chi connectivity index (χ1n) is 4.82. The van der Waals surface area contributed by atoms with E-state index < -0.39 is 0 Å². The van der Waals surface area contributed by atoms with Crippen molar-refractivity contribution in [2.24, 2.45) is 0 Å². The molecule has 0 heteroatoms. The van der Waals surface area contributed by atoms with Crippen molar-refractivity contribution in [3.63, 3.8) is 0 Å². The van der Waals surface area contributed by atoms with Crippen molar-refractivity contribution >= 4 is 0 Å². The monoisotopic (exact) mass is 167 g/mol. The smallest absolute Gasteiger partial charge is 0.0386 e. The SMILES string of the molecule is [CH2].[CH2].[CH]1CCCCCCCCC1. The average Bonchev–Trinajstić information content (AvgIpc) is 2.01. The summed E-state index contributed by atoms with van der Waals surface area (Å²) in [5, 5.41) is 0. The molecule has 0 heterocycles. The van der Waals surface area contributed by atoms with E-state index in [0.717, 1.165) is 0 Å². The summed E-state index contributed by atoms with van der Waals surface area (Å²) in [5.74, 6) is 0. The molecule has 12 heavy (non-hydrogen) atoms. The summed E-state index contributed by atoms with van der Waals surface area (Å²) in [6.45, 7) is 0. The van der Waals surface area contributed by atoms with Crippen molar-refractivity contribution in [1.82, 2.24) is 0 Å². The van der Waals surface area contributed by atoms with E-state index in [1.54, 1.807) is 0 Å². The zero-order valence-corrected chi connectivity index (χ0v) is 8.36. The summed E-state index contributed by atoms with van der Waals surface area (Å²) < 4.78 is 0. The molecule has 1 aliphatic carbocycles. The van der Waals surface area contributed by atoms with Crippen molar-refractivity contribution in [1.29, 1.82) is 0 Å². The third-order valence-electron chi connectivity index (χ3n) is 2.32. The lowest BCUT2D eigenvalue weighted by Crippen LogP contribution is -1.86. The normalized spacial score (nSPS) is 20.0. The lowest BCUT2D eigenvalue weighted by Gasteiger charge is -2.05. The fraction of sp³-hybridized carbons (Fsp3) is 0.750. The second kappa shape index (κ2) is 11.0. The summed E-state index contributed by atoms with van der Waals surface area (Å²) in [6.07, 6.45) is 15.5.